The van der Waals surface area contributed by atoms with Crippen LogP contribution in [0, 0.1) is 0 Å². The maximum atomic E-state index is 11.8. The van der Waals surface area contributed by atoms with Crippen molar-refractivity contribution in [2.45, 2.75) is 50.5 Å². The number of unbranched alkanes of at least 4 members (excludes halogenated alkanes) is 1. The van der Waals surface area contributed by atoms with Crippen molar-refractivity contribution >= 4 is 39.3 Å². The predicted octanol–water partition coefficient (Wildman–Crippen LogP) is 4.01. The zero-order valence-corrected chi connectivity index (χ0v) is 14.4. The van der Waals surface area contributed by atoms with E-state index < -0.39 is 0 Å². The number of aromatic nitrogens is 2. The molecule has 6 heteroatoms. The maximum absolute atomic E-state index is 11.8. The molecule has 0 saturated carbocycles. The first-order valence-corrected chi connectivity index (χ1v) is 9.63. The van der Waals surface area contributed by atoms with Gasteiger partial charge >= 0.3 is 5.97 Å². The van der Waals surface area contributed by atoms with Crippen LogP contribution in [0.5, 0.6) is 0 Å². The van der Waals surface area contributed by atoms with Crippen molar-refractivity contribution in [3.63, 3.8) is 0 Å². The van der Waals surface area contributed by atoms with Crippen molar-refractivity contribution < 1.29 is 9.53 Å². The molecule has 2 heterocycles. The van der Waals surface area contributed by atoms with Gasteiger partial charge in [0.2, 0.25) is 0 Å². The molecule has 0 saturated heterocycles. The second-order valence-electron chi connectivity index (χ2n) is 5.43. The summed E-state index contributed by atoms with van der Waals surface area (Å²) in [6.07, 6.45) is 8.32. The van der Waals surface area contributed by atoms with E-state index in [2.05, 4.69) is 16.9 Å². The lowest BCUT2D eigenvalue weighted by molar-refractivity contribution is -0.140. The molecule has 118 valence electrons. The van der Waals surface area contributed by atoms with Crippen LogP contribution in [0.4, 0.5) is 0 Å². The largest absolute Gasteiger partial charge is 0.465 e. The van der Waals surface area contributed by atoms with Crippen LogP contribution < -0.4 is 0 Å². The van der Waals surface area contributed by atoms with Gasteiger partial charge in [0.15, 0.2) is 0 Å². The average molecular weight is 336 g/mol. The first-order valence-electron chi connectivity index (χ1n) is 7.83. The molecule has 0 aromatic carbocycles. The number of esters is 1. The van der Waals surface area contributed by atoms with Gasteiger partial charge in [-0.3, -0.25) is 4.79 Å². The lowest BCUT2D eigenvalue weighted by Gasteiger charge is -2.11. The number of fused-ring (bicyclic) bond motifs is 3. The lowest BCUT2D eigenvalue weighted by atomic mass is 9.97. The van der Waals surface area contributed by atoms with Crippen LogP contribution >= 0.6 is 23.1 Å². The minimum absolute atomic E-state index is 0.158. The summed E-state index contributed by atoms with van der Waals surface area (Å²) in [5, 5.41) is 2.10. The third-order valence-corrected chi connectivity index (χ3v) is 5.97. The Balaban J connectivity index is 1.73. The van der Waals surface area contributed by atoms with Crippen LogP contribution in [0.15, 0.2) is 11.4 Å². The molecule has 0 spiro atoms. The van der Waals surface area contributed by atoms with Gasteiger partial charge < -0.3 is 4.74 Å². The molecule has 0 radical (unpaired) electrons. The molecule has 0 fully saturated rings. The molecule has 2 aromatic rings. The molecule has 2 aromatic heterocycles. The van der Waals surface area contributed by atoms with Crippen LogP contribution in [-0.4, -0.2) is 28.3 Å². The first kappa shape index (κ1) is 15.7. The number of rotatable bonds is 6. The molecule has 1 aliphatic rings. The number of hydrogen-bond donors (Lipinski definition) is 0. The summed E-state index contributed by atoms with van der Waals surface area (Å²) in [6, 6.07) is 0. The Morgan fingerprint density at radius 3 is 3.09 bits per heavy atom. The van der Waals surface area contributed by atoms with E-state index in [1.807, 2.05) is 0 Å². The van der Waals surface area contributed by atoms with E-state index in [4.69, 9.17) is 4.74 Å². The number of aryl methyl sites for hydroxylation is 2. The standard InChI is InChI=1S/C16H20N2O2S2/c1-2-3-8-20-13(19)9-21-15-14-11-6-4-5-7-12(11)22-16(14)18-10-17-15/h10H,2-9H2,1H3. The van der Waals surface area contributed by atoms with Crippen molar-refractivity contribution in [2.24, 2.45) is 0 Å². The Morgan fingerprint density at radius 1 is 1.36 bits per heavy atom. The zero-order valence-electron chi connectivity index (χ0n) is 12.8. The van der Waals surface area contributed by atoms with Gasteiger partial charge in [0, 0.05) is 10.3 Å². The lowest BCUT2D eigenvalue weighted by Crippen LogP contribution is -2.08. The van der Waals surface area contributed by atoms with Gasteiger partial charge in [-0.1, -0.05) is 25.1 Å². The molecule has 0 N–H and O–H groups in total. The minimum atomic E-state index is -0.158. The Morgan fingerprint density at radius 2 is 2.23 bits per heavy atom. The molecular weight excluding hydrogens is 316 g/mol. The van der Waals surface area contributed by atoms with E-state index >= 15 is 0 Å². The zero-order chi connectivity index (χ0) is 15.4. The van der Waals surface area contributed by atoms with Crippen molar-refractivity contribution in [2.75, 3.05) is 12.4 Å². The van der Waals surface area contributed by atoms with Gasteiger partial charge in [-0.15, -0.1) is 11.3 Å². The quantitative estimate of drug-likeness (QED) is 0.345. The van der Waals surface area contributed by atoms with E-state index in [1.165, 1.54) is 40.4 Å². The second-order valence-corrected chi connectivity index (χ2v) is 7.48. The van der Waals surface area contributed by atoms with Gasteiger partial charge in [0.05, 0.1) is 12.4 Å². The first-order chi connectivity index (χ1) is 10.8. The highest BCUT2D eigenvalue weighted by Gasteiger charge is 2.20. The highest BCUT2D eigenvalue weighted by molar-refractivity contribution is 8.00. The number of carbonyl (C=O) groups excluding carboxylic acids is 1. The molecule has 0 amide bonds. The summed E-state index contributed by atoms with van der Waals surface area (Å²) < 4.78 is 5.21. The summed E-state index contributed by atoms with van der Waals surface area (Å²) in [7, 11) is 0. The molecule has 22 heavy (non-hydrogen) atoms. The fourth-order valence-electron chi connectivity index (χ4n) is 2.67. The van der Waals surface area contributed by atoms with Crippen molar-refractivity contribution in [1.82, 2.24) is 9.97 Å². The van der Waals surface area contributed by atoms with Gasteiger partial charge in [-0.25, -0.2) is 9.97 Å². The third kappa shape index (κ3) is 3.43. The highest BCUT2D eigenvalue weighted by atomic mass is 32.2. The Bertz CT molecular complexity index is 669. The van der Waals surface area contributed by atoms with E-state index in [0.29, 0.717) is 12.4 Å². The number of nitrogens with zero attached hydrogens (tertiary/aromatic N) is 2. The van der Waals surface area contributed by atoms with Crippen LogP contribution in [0.2, 0.25) is 0 Å². The molecule has 1 aliphatic carbocycles. The van der Waals surface area contributed by atoms with Crippen LogP contribution in [0.25, 0.3) is 10.2 Å². The summed E-state index contributed by atoms with van der Waals surface area (Å²) >= 11 is 3.26. The molecule has 0 bridgehead atoms. The van der Waals surface area contributed by atoms with Crippen LogP contribution in [-0.2, 0) is 22.4 Å². The number of thioether (sulfide) groups is 1. The molecule has 0 aliphatic heterocycles. The summed E-state index contributed by atoms with van der Waals surface area (Å²) in [4.78, 5) is 23.1. The molecule has 4 nitrogen and oxygen atoms in total. The third-order valence-electron chi connectivity index (χ3n) is 3.80. The van der Waals surface area contributed by atoms with Gasteiger partial charge in [0.1, 0.15) is 16.2 Å². The average Bonchev–Trinajstić information content (AvgIpc) is 2.92. The normalized spacial score (nSPS) is 14.0. The Labute approximate surface area is 138 Å². The summed E-state index contributed by atoms with van der Waals surface area (Å²) in [5.41, 5.74) is 1.41. The summed E-state index contributed by atoms with van der Waals surface area (Å²) in [6.45, 7) is 2.60. The summed E-state index contributed by atoms with van der Waals surface area (Å²) in [5.74, 6) is 0.162. The fourth-order valence-corrected chi connectivity index (χ4v) is 4.79. The number of thiophene rings is 1. The van der Waals surface area contributed by atoms with Crippen LogP contribution in [0.3, 0.4) is 0 Å². The van der Waals surface area contributed by atoms with Gasteiger partial charge in [-0.05, 0) is 37.7 Å². The highest BCUT2D eigenvalue weighted by Crippen LogP contribution is 2.39. The molecule has 3 rings (SSSR count). The number of ether oxygens (including phenoxy) is 1. The van der Waals surface area contributed by atoms with Crippen molar-refractivity contribution in [3.8, 4) is 0 Å². The number of carbonyl (C=O) groups is 1. The molecule has 0 unspecified atom stereocenters. The van der Waals surface area contributed by atoms with E-state index in [0.717, 1.165) is 35.5 Å². The smallest absolute Gasteiger partial charge is 0.316 e. The minimum Gasteiger partial charge on any atom is -0.465 e. The van der Waals surface area contributed by atoms with Crippen LogP contribution in [0.1, 0.15) is 43.0 Å². The Hall–Kier alpha value is -1.14. The topological polar surface area (TPSA) is 52.1 Å². The fraction of sp³-hybridized carbons (Fsp3) is 0.562. The maximum Gasteiger partial charge on any atom is 0.316 e. The van der Waals surface area contributed by atoms with Gasteiger partial charge in [-0.2, -0.15) is 0 Å². The van der Waals surface area contributed by atoms with E-state index in [9.17, 15) is 4.79 Å². The SMILES string of the molecule is CCCCOC(=O)CSc1ncnc2sc3c(c12)CCCC3. The predicted molar refractivity (Wildman–Crippen MR) is 90.6 cm³/mol. The molecule has 0 atom stereocenters. The van der Waals surface area contributed by atoms with Crippen molar-refractivity contribution in [3.05, 3.63) is 16.8 Å². The van der Waals surface area contributed by atoms with E-state index in [1.54, 1.807) is 17.7 Å². The second kappa shape index (κ2) is 7.42. The monoisotopic (exact) mass is 336 g/mol. The molecular formula is C16H20N2O2S2. The van der Waals surface area contributed by atoms with Crippen molar-refractivity contribution in [1.29, 1.82) is 0 Å². The number of hydrogen-bond acceptors (Lipinski definition) is 6. The van der Waals surface area contributed by atoms with E-state index in [-0.39, 0.29) is 5.97 Å². The van der Waals surface area contributed by atoms with Gasteiger partial charge in [0.25, 0.3) is 0 Å². The Kier molecular flexibility index (Phi) is 5.31.